The van der Waals surface area contributed by atoms with Crippen LogP contribution in [0.2, 0.25) is 0 Å². The van der Waals surface area contributed by atoms with E-state index >= 15 is 0 Å². The van der Waals surface area contributed by atoms with Crippen molar-refractivity contribution in [3.8, 4) is 0 Å². The molecule has 0 fully saturated rings. The number of nitrogens with zero attached hydrogens (tertiary/aromatic N) is 1. The fourth-order valence-electron chi connectivity index (χ4n) is 2.56. The van der Waals surface area contributed by atoms with Crippen LogP contribution in [-0.4, -0.2) is 31.6 Å². The van der Waals surface area contributed by atoms with Crippen LogP contribution in [0.15, 0.2) is 18.2 Å². The van der Waals surface area contributed by atoms with Gasteiger partial charge in [-0.15, -0.1) is 0 Å². The molecule has 0 spiro atoms. The Hall–Kier alpha value is -0.900. The van der Waals surface area contributed by atoms with Crippen molar-refractivity contribution in [3.63, 3.8) is 0 Å². The van der Waals surface area contributed by atoms with Gasteiger partial charge in [0.15, 0.2) is 0 Å². The van der Waals surface area contributed by atoms with Crippen LogP contribution in [0.1, 0.15) is 30.0 Å². The van der Waals surface area contributed by atoms with Gasteiger partial charge in [0, 0.05) is 32.7 Å². The van der Waals surface area contributed by atoms with E-state index in [1.807, 2.05) is 7.05 Å². The maximum Gasteiger partial charge on any atom is 0.0234 e. The highest BCUT2D eigenvalue weighted by atomic mass is 15.1. The summed E-state index contributed by atoms with van der Waals surface area (Å²) in [6.07, 6.45) is 1.22. The molecule has 3 heteroatoms. The maximum absolute atomic E-state index is 3.40. The van der Waals surface area contributed by atoms with E-state index in [1.54, 1.807) is 0 Å². The van der Waals surface area contributed by atoms with Gasteiger partial charge in [-0.3, -0.25) is 4.90 Å². The number of rotatable bonds is 7. The van der Waals surface area contributed by atoms with Crippen molar-refractivity contribution in [3.05, 3.63) is 34.9 Å². The summed E-state index contributed by atoms with van der Waals surface area (Å²) in [4.78, 5) is 2.53. The lowest BCUT2D eigenvalue weighted by molar-refractivity contribution is 0.268. The van der Waals surface area contributed by atoms with Gasteiger partial charge in [0.2, 0.25) is 0 Å². The second-order valence-corrected chi connectivity index (χ2v) is 5.09. The third-order valence-corrected chi connectivity index (χ3v) is 3.53. The molecule has 1 aliphatic rings. The van der Waals surface area contributed by atoms with E-state index in [0.717, 1.165) is 32.7 Å². The predicted molar refractivity (Wildman–Crippen MR) is 76.5 cm³/mol. The molecular formula is C15H25N3. The summed E-state index contributed by atoms with van der Waals surface area (Å²) in [5.74, 6) is 0. The van der Waals surface area contributed by atoms with Gasteiger partial charge in [-0.05, 0) is 36.7 Å². The smallest absolute Gasteiger partial charge is 0.0234 e. The fraction of sp³-hybridized carbons (Fsp3) is 0.600. The van der Waals surface area contributed by atoms with Crippen molar-refractivity contribution < 1.29 is 0 Å². The summed E-state index contributed by atoms with van der Waals surface area (Å²) in [7, 11) is 2.02. The molecule has 1 aromatic rings. The lowest BCUT2D eigenvalue weighted by atomic mass is 10.1. The molecular weight excluding hydrogens is 222 g/mol. The van der Waals surface area contributed by atoms with Crippen LogP contribution in [0.3, 0.4) is 0 Å². The van der Waals surface area contributed by atoms with E-state index < -0.39 is 0 Å². The zero-order valence-corrected chi connectivity index (χ0v) is 11.6. The predicted octanol–water partition coefficient (Wildman–Crippen LogP) is 1.72. The zero-order chi connectivity index (χ0) is 12.8. The first-order valence-electron chi connectivity index (χ1n) is 7.02. The van der Waals surface area contributed by atoms with Crippen LogP contribution in [0, 0.1) is 0 Å². The molecule has 0 amide bonds. The first kappa shape index (κ1) is 13.5. The molecule has 0 aromatic heterocycles. The third-order valence-electron chi connectivity index (χ3n) is 3.53. The van der Waals surface area contributed by atoms with Crippen molar-refractivity contribution in [2.24, 2.45) is 0 Å². The van der Waals surface area contributed by atoms with Gasteiger partial charge in [0.1, 0.15) is 0 Å². The van der Waals surface area contributed by atoms with Crippen molar-refractivity contribution in [1.82, 2.24) is 15.5 Å². The highest BCUT2D eigenvalue weighted by Gasteiger charge is 2.11. The van der Waals surface area contributed by atoms with Crippen LogP contribution >= 0.6 is 0 Å². The summed E-state index contributed by atoms with van der Waals surface area (Å²) in [5.41, 5.74) is 4.40. The molecule has 0 saturated carbocycles. The monoisotopic (exact) mass is 247 g/mol. The molecule has 0 aliphatic carbocycles. The van der Waals surface area contributed by atoms with Gasteiger partial charge < -0.3 is 10.6 Å². The summed E-state index contributed by atoms with van der Waals surface area (Å²) in [6, 6.07) is 6.94. The van der Waals surface area contributed by atoms with E-state index in [-0.39, 0.29) is 0 Å². The molecule has 0 radical (unpaired) electrons. The van der Waals surface area contributed by atoms with Gasteiger partial charge in [-0.1, -0.05) is 25.1 Å². The lowest BCUT2D eigenvalue weighted by Crippen LogP contribution is -2.31. The van der Waals surface area contributed by atoms with E-state index in [9.17, 15) is 0 Å². The minimum Gasteiger partial charge on any atom is -0.318 e. The SMILES string of the molecule is CCCN(CCNC)Cc1ccc2c(c1)CNC2. The average Bonchev–Trinajstić information content (AvgIpc) is 2.83. The summed E-state index contributed by atoms with van der Waals surface area (Å²) < 4.78 is 0. The van der Waals surface area contributed by atoms with Crippen molar-refractivity contribution >= 4 is 0 Å². The van der Waals surface area contributed by atoms with Crippen LogP contribution in [-0.2, 0) is 19.6 Å². The summed E-state index contributed by atoms with van der Waals surface area (Å²) >= 11 is 0. The summed E-state index contributed by atoms with van der Waals surface area (Å²) in [6.45, 7) is 8.76. The first-order chi connectivity index (χ1) is 8.83. The Morgan fingerprint density at radius 2 is 2.06 bits per heavy atom. The average molecular weight is 247 g/mol. The standard InChI is InChI=1S/C15H25N3/c1-3-7-18(8-6-16-2)12-13-4-5-14-10-17-11-15(14)9-13/h4-5,9,16-17H,3,6-8,10-12H2,1-2H3. The van der Waals surface area contributed by atoms with Crippen LogP contribution in [0.25, 0.3) is 0 Å². The van der Waals surface area contributed by atoms with Crippen molar-refractivity contribution in [2.75, 3.05) is 26.7 Å². The molecule has 1 aliphatic heterocycles. The Bertz CT molecular complexity index is 376. The quantitative estimate of drug-likeness (QED) is 0.768. The van der Waals surface area contributed by atoms with Crippen molar-refractivity contribution in [2.45, 2.75) is 33.0 Å². The van der Waals surface area contributed by atoms with Crippen LogP contribution < -0.4 is 10.6 Å². The van der Waals surface area contributed by atoms with Gasteiger partial charge in [-0.2, -0.15) is 0 Å². The second kappa shape index (κ2) is 6.88. The Morgan fingerprint density at radius 1 is 1.22 bits per heavy atom. The number of likely N-dealkylation sites (N-methyl/N-ethyl adjacent to an activating group) is 1. The molecule has 2 N–H and O–H groups in total. The fourth-order valence-corrected chi connectivity index (χ4v) is 2.56. The number of hydrogen-bond acceptors (Lipinski definition) is 3. The summed E-state index contributed by atoms with van der Waals surface area (Å²) in [5, 5.41) is 6.64. The lowest BCUT2D eigenvalue weighted by Gasteiger charge is -2.22. The molecule has 1 heterocycles. The Balaban J connectivity index is 1.97. The molecule has 0 unspecified atom stereocenters. The van der Waals surface area contributed by atoms with Crippen LogP contribution in [0.5, 0.6) is 0 Å². The second-order valence-electron chi connectivity index (χ2n) is 5.09. The molecule has 0 saturated heterocycles. The molecule has 0 atom stereocenters. The van der Waals surface area contributed by atoms with Gasteiger partial charge >= 0.3 is 0 Å². The molecule has 100 valence electrons. The van der Waals surface area contributed by atoms with Crippen LogP contribution in [0.4, 0.5) is 0 Å². The molecule has 3 nitrogen and oxygen atoms in total. The maximum atomic E-state index is 3.40. The number of nitrogens with one attached hydrogen (secondary N) is 2. The van der Waals surface area contributed by atoms with Crippen molar-refractivity contribution in [1.29, 1.82) is 0 Å². The number of fused-ring (bicyclic) bond motifs is 1. The third kappa shape index (κ3) is 3.55. The Labute approximate surface area is 111 Å². The van der Waals surface area contributed by atoms with E-state index in [2.05, 4.69) is 40.7 Å². The van der Waals surface area contributed by atoms with E-state index in [0.29, 0.717) is 0 Å². The largest absolute Gasteiger partial charge is 0.318 e. The normalized spacial score (nSPS) is 14.2. The highest BCUT2D eigenvalue weighted by Crippen LogP contribution is 2.18. The minimum absolute atomic E-state index is 1.04. The molecule has 0 bridgehead atoms. The number of benzene rings is 1. The zero-order valence-electron chi connectivity index (χ0n) is 11.6. The van der Waals surface area contributed by atoms with Gasteiger partial charge in [0.25, 0.3) is 0 Å². The van der Waals surface area contributed by atoms with Gasteiger partial charge in [-0.25, -0.2) is 0 Å². The molecule has 1 aromatic carbocycles. The minimum atomic E-state index is 1.04. The molecule has 18 heavy (non-hydrogen) atoms. The highest BCUT2D eigenvalue weighted by molar-refractivity contribution is 5.34. The first-order valence-corrected chi connectivity index (χ1v) is 7.02. The van der Waals surface area contributed by atoms with E-state index in [1.165, 1.54) is 29.7 Å². The van der Waals surface area contributed by atoms with Gasteiger partial charge in [0.05, 0.1) is 0 Å². The Morgan fingerprint density at radius 3 is 2.83 bits per heavy atom. The van der Waals surface area contributed by atoms with E-state index in [4.69, 9.17) is 0 Å². The Kier molecular flexibility index (Phi) is 5.17. The molecule has 2 rings (SSSR count). The topological polar surface area (TPSA) is 27.3 Å². The number of hydrogen-bond donors (Lipinski definition) is 2.